The zero-order valence-electron chi connectivity index (χ0n) is 19.7. The summed E-state index contributed by atoms with van der Waals surface area (Å²) in [5.41, 5.74) is 1.16. The molecule has 1 N–H and O–H groups in total. The average molecular weight is 493 g/mol. The molecule has 0 spiro atoms. The van der Waals surface area contributed by atoms with Crippen molar-refractivity contribution in [2.24, 2.45) is 0 Å². The molecule has 0 aliphatic rings. The van der Waals surface area contributed by atoms with Crippen LogP contribution in [0.5, 0.6) is 28.9 Å². The smallest absolute Gasteiger partial charge is 0.411 e. The third kappa shape index (κ3) is 6.09. The molecule has 0 atom stereocenters. The third-order valence-corrected chi connectivity index (χ3v) is 5.04. The first-order valence-corrected chi connectivity index (χ1v) is 11.0. The number of rotatable bonds is 10. The van der Waals surface area contributed by atoms with Crippen LogP contribution in [0.15, 0.2) is 67.0 Å². The fourth-order valence-electron chi connectivity index (χ4n) is 3.28. The van der Waals surface area contributed by atoms with Gasteiger partial charge in [0.2, 0.25) is 5.88 Å². The molecule has 0 fully saturated rings. The monoisotopic (exact) mass is 493 g/mol. The van der Waals surface area contributed by atoms with Gasteiger partial charge in [0, 0.05) is 18.2 Å². The van der Waals surface area contributed by atoms with Gasteiger partial charge in [-0.2, -0.15) is 0 Å². The highest BCUT2D eigenvalue weighted by Crippen LogP contribution is 2.35. The van der Waals surface area contributed by atoms with Crippen LogP contribution in [-0.4, -0.2) is 43.5 Å². The van der Waals surface area contributed by atoms with E-state index in [1.54, 1.807) is 62.8 Å². The molecule has 186 valence electrons. The molecule has 9 nitrogen and oxygen atoms in total. The standard InChI is InChI=1S/C26H24FN3O6/c1-32-23-14-19-21(15-24(23)33-2)28-16-29-25(19)36-18-10-8-17(9-11-18)30-26(31)35-13-5-12-34-22-7-4-3-6-20(22)27/h3-4,6-11,14-16H,5,12-13H2,1-2H3,(H,30,31). The number of nitrogens with zero attached hydrogens (tertiary/aromatic N) is 2. The number of aromatic nitrogens is 2. The second kappa shape index (κ2) is 11.7. The summed E-state index contributed by atoms with van der Waals surface area (Å²) in [6.07, 6.45) is 1.20. The number of fused-ring (bicyclic) bond motifs is 1. The molecule has 10 heteroatoms. The van der Waals surface area contributed by atoms with Crippen molar-refractivity contribution in [3.8, 4) is 28.9 Å². The van der Waals surface area contributed by atoms with Crippen LogP contribution in [0.3, 0.4) is 0 Å². The Hall–Kier alpha value is -4.60. The first-order chi connectivity index (χ1) is 17.6. The Labute approximate surface area is 206 Å². The minimum Gasteiger partial charge on any atom is -0.493 e. The molecule has 0 bridgehead atoms. The number of carbonyl (C=O) groups excluding carboxylic acids is 1. The van der Waals surface area contributed by atoms with Gasteiger partial charge in [0.05, 0.1) is 38.3 Å². The molecular formula is C26H24FN3O6. The van der Waals surface area contributed by atoms with E-state index in [2.05, 4.69) is 15.3 Å². The number of halogens is 1. The van der Waals surface area contributed by atoms with E-state index in [4.69, 9.17) is 23.7 Å². The van der Waals surface area contributed by atoms with Crippen LogP contribution in [0, 0.1) is 5.82 Å². The van der Waals surface area contributed by atoms with Crippen LogP contribution < -0.4 is 24.3 Å². The highest BCUT2D eigenvalue weighted by atomic mass is 19.1. The van der Waals surface area contributed by atoms with Crippen LogP contribution in [-0.2, 0) is 4.74 Å². The van der Waals surface area contributed by atoms with Crippen LogP contribution in [0.2, 0.25) is 0 Å². The van der Waals surface area contributed by atoms with Gasteiger partial charge in [-0.3, -0.25) is 5.32 Å². The second-order valence-corrected chi connectivity index (χ2v) is 7.42. The van der Waals surface area contributed by atoms with E-state index < -0.39 is 11.9 Å². The van der Waals surface area contributed by atoms with Gasteiger partial charge in [0.1, 0.15) is 12.1 Å². The third-order valence-electron chi connectivity index (χ3n) is 5.04. The van der Waals surface area contributed by atoms with Crippen molar-refractivity contribution in [2.75, 3.05) is 32.8 Å². The van der Waals surface area contributed by atoms with Gasteiger partial charge in [-0.05, 0) is 42.5 Å². The predicted octanol–water partition coefficient (Wildman–Crippen LogP) is 5.60. The molecule has 0 radical (unpaired) electrons. The lowest BCUT2D eigenvalue weighted by Gasteiger charge is -2.12. The highest BCUT2D eigenvalue weighted by molar-refractivity contribution is 5.87. The fourth-order valence-corrected chi connectivity index (χ4v) is 3.28. The number of anilines is 1. The van der Waals surface area contributed by atoms with E-state index >= 15 is 0 Å². The van der Waals surface area contributed by atoms with E-state index in [0.29, 0.717) is 46.1 Å². The van der Waals surface area contributed by atoms with Gasteiger partial charge in [-0.15, -0.1) is 0 Å². The molecule has 1 amide bonds. The average Bonchev–Trinajstić information content (AvgIpc) is 2.90. The lowest BCUT2D eigenvalue weighted by atomic mass is 10.2. The van der Waals surface area contributed by atoms with Crippen molar-refractivity contribution in [3.05, 3.63) is 72.8 Å². The quantitative estimate of drug-likeness (QED) is 0.285. The summed E-state index contributed by atoms with van der Waals surface area (Å²) >= 11 is 0. The maximum absolute atomic E-state index is 13.5. The molecule has 0 saturated heterocycles. The Morgan fingerprint density at radius 3 is 2.42 bits per heavy atom. The Balaban J connectivity index is 1.29. The largest absolute Gasteiger partial charge is 0.493 e. The maximum atomic E-state index is 13.5. The molecular weight excluding hydrogens is 469 g/mol. The van der Waals surface area contributed by atoms with Crippen LogP contribution in [0.1, 0.15) is 6.42 Å². The maximum Gasteiger partial charge on any atom is 0.411 e. The van der Waals surface area contributed by atoms with Gasteiger partial charge in [-0.1, -0.05) is 12.1 Å². The summed E-state index contributed by atoms with van der Waals surface area (Å²) in [5.74, 6) is 1.67. The number of carbonyl (C=O) groups is 1. The molecule has 0 aliphatic heterocycles. The molecule has 4 rings (SSSR count). The van der Waals surface area contributed by atoms with Crippen molar-refractivity contribution in [1.29, 1.82) is 0 Å². The van der Waals surface area contributed by atoms with E-state index in [1.807, 2.05) is 0 Å². The topological polar surface area (TPSA) is 101 Å². The van der Waals surface area contributed by atoms with Gasteiger partial charge in [-0.25, -0.2) is 19.2 Å². The summed E-state index contributed by atoms with van der Waals surface area (Å²) in [7, 11) is 3.10. The predicted molar refractivity (Wildman–Crippen MR) is 131 cm³/mol. The van der Waals surface area contributed by atoms with E-state index in [0.717, 1.165) is 0 Å². The number of nitrogens with one attached hydrogen (secondary N) is 1. The molecule has 3 aromatic carbocycles. The summed E-state index contributed by atoms with van der Waals surface area (Å²) in [6.45, 7) is 0.340. The second-order valence-electron chi connectivity index (χ2n) is 7.42. The zero-order chi connectivity index (χ0) is 25.3. The number of para-hydroxylation sites is 1. The zero-order valence-corrected chi connectivity index (χ0v) is 19.7. The summed E-state index contributed by atoms with van der Waals surface area (Å²) in [5, 5.41) is 3.29. The number of hydrogen-bond acceptors (Lipinski definition) is 8. The summed E-state index contributed by atoms with van der Waals surface area (Å²) in [6, 6.07) is 16.3. The normalized spacial score (nSPS) is 10.5. The Kier molecular flexibility index (Phi) is 7.97. The Morgan fingerprint density at radius 1 is 0.917 bits per heavy atom. The number of methoxy groups -OCH3 is 2. The van der Waals surface area contributed by atoms with Crippen molar-refractivity contribution in [3.63, 3.8) is 0 Å². The minimum atomic E-state index is -0.614. The van der Waals surface area contributed by atoms with Crippen molar-refractivity contribution >= 4 is 22.7 Å². The molecule has 36 heavy (non-hydrogen) atoms. The first kappa shape index (κ1) is 24.5. The van der Waals surface area contributed by atoms with E-state index in [-0.39, 0.29) is 19.0 Å². The Morgan fingerprint density at radius 2 is 1.67 bits per heavy atom. The number of hydrogen-bond donors (Lipinski definition) is 1. The molecule has 0 unspecified atom stereocenters. The van der Waals surface area contributed by atoms with Gasteiger partial charge >= 0.3 is 6.09 Å². The fraction of sp³-hybridized carbons (Fsp3) is 0.192. The molecule has 1 heterocycles. The van der Waals surface area contributed by atoms with Crippen molar-refractivity contribution in [1.82, 2.24) is 9.97 Å². The molecule has 0 aliphatic carbocycles. The summed E-state index contributed by atoms with van der Waals surface area (Å²) in [4.78, 5) is 20.5. The van der Waals surface area contributed by atoms with Gasteiger partial charge < -0.3 is 23.7 Å². The van der Waals surface area contributed by atoms with Crippen molar-refractivity contribution < 1.29 is 32.9 Å². The number of ether oxygens (including phenoxy) is 5. The van der Waals surface area contributed by atoms with Crippen LogP contribution >= 0.6 is 0 Å². The lowest BCUT2D eigenvalue weighted by molar-refractivity contribution is 0.151. The summed E-state index contributed by atoms with van der Waals surface area (Å²) < 4.78 is 40.6. The SMILES string of the molecule is COc1cc2ncnc(Oc3ccc(NC(=O)OCCCOc4ccccc4F)cc3)c2cc1OC. The lowest BCUT2D eigenvalue weighted by Crippen LogP contribution is -2.15. The van der Waals surface area contributed by atoms with Crippen molar-refractivity contribution in [2.45, 2.75) is 6.42 Å². The van der Waals surface area contributed by atoms with E-state index in [9.17, 15) is 9.18 Å². The van der Waals surface area contributed by atoms with Gasteiger partial charge in [0.15, 0.2) is 23.1 Å². The highest BCUT2D eigenvalue weighted by Gasteiger charge is 2.13. The minimum absolute atomic E-state index is 0.122. The van der Waals surface area contributed by atoms with Gasteiger partial charge in [0.25, 0.3) is 0 Å². The van der Waals surface area contributed by atoms with E-state index in [1.165, 1.54) is 18.5 Å². The number of benzene rings is 3. The first-order valence-electron chi connectivity index (χ1n) is 11.0. The Bertz CT molecular complexity index is 1330. The molecule has 0 saturated carbocycles. The molecule has 1 aromatic heterocycles. The molecule has 4 aromatic rings. The van der Waals surface area contributed by atoms with Crippen LogP contribution in [0.4, 0.5) is 14.9 Å². The number of amides is 1. The van der Waals surface area contributed by atoms with Crippen LogP contribution in [0.25, 0.3) is 10.9 Å².